The van der Waals surface area contributed by atoms with Crippen molar-refractivity contribution in [1.82, 2.24) is 10.2 Å². The summed E-state index contributed by atoms with van der Waals surface area (Å²) in [4.78, 5) is 52.5. The van der Waals surface area contributed by atoms with Gasteiger partial charge in [0.2, 0.25) is 23.6 Å². The Balaban J connectivity index is 1.08. The van der Waals surface area contributed by atoms with Crippen molar-refractivity contribution in [1.29, 1.82) is 0 Å². The van der Waals surface area contributed by atoms with Gasteiger partial charge in [0.25, 0.3) is 0 Å². The normalized spacial score (nSPS) is 14.9. The Kier molecular flexibility index (Phi) is 10.7. The summed E-state index contributed by atoms with van der Waals surface area (Å²) in [6, 6.07) is 32.8. The molecule has 1 fully saturated rings. The molecule has 1 saturated heterocycles. The molecule has 5 rings (SSSR count). The van der Waals surface area contributed by atoms with Crippen LogP contribution in [0.2, 0.25) is 0 Å². The fourth-order valence-electron chi connectivity index (χ4n) is 5.37. The monoisotopic (exact) mass is 614 g/mol. The molecule has 8 heteroatoms. The van der Waals surface area contributed by atoms with Crippen molar-refractivity contribution in [3.63, 3.8) is 0 Å². The molecule has 1 heterocycles. The zero-order chi connectivity index (χ0) is 32.3. The van der Waals surface area contributed by atoms with Crippen LogP contribution in [-0.2, 0) is 32.0 Å². The molecule has 0 aliphatic carbocycles. The molecule has 46 heavy (non-hydrogen) atoms. The van der Waals surface area contributed by atoms with Gasteiger partial charge in [-0.3, -0.25) is 19.2 Å². The van der Waals surface area contributed by atoms with Crippen LogP contribution in [0.3, 0.4) is 0 Å². The first-order chi connectivity index (χ1) is 22.3. The Morgan fingerprint density at radius 3 is 1.80 bits per heavy atom. The van der Waals surface area contributed by atoms with Crippen LogP contribution in [0.4, 0.5) is 11.4 Å². The van der Waals surface area contributed by atoms with Gasteiger partial charge in [-0.2, -0.15) is 0 Å². The summed E-state index contributed by atoms with van der Waals surface area (Å²) < 4.78 is 0. The fraction of sp³-hybridized carbons (Fsp3) is 0.211. The molecule has 0 spiro atoms. The number of anilines is 2. The molecule has 1 aliphatic rings. The summed E-state index contributed by atoms with van der Waals surface area (Å²) in [7, 11) is 0. The standard InChI is InChI=1S/C38H38N4O4/c1-27(39-35(43)25-30-9-4-2-5-10-30)37(45)40-32-20-16-28(17-21-32)14-15-29-18-22-33(23-19-29)41-38(46)34-13-8-24-42(34)36(44)26-31-11-6-3-7-12-31/h2-7,9-12,14-23,27,34H,8,13,24-26H2,1H3,(H,39,43)(H,40,45)(H,41,46)/t27-,34-/m0/s1. The zero-order valence-corrected chi connectivity index (χ0v) is 25.8. The third kappa shape index (κ3) is 9.01. The number of hydrogen-bond donors (Lipinski definition) is 3. The number of amides is 4. The van der Waals surface area contributed by atoms with Gasteiger partial charge < -0.3 is 20.9 Å². The smallest absolute Gasteiger partial charge is 0.247 e. The molecule has 8 nitrogen and oxygen atoms in total. The lowest BCUT2D eigenvalue weighted by atomic mass is 10.1. The van der Waals surface area contributed by atoms with Gasteiger partial charge in [-0.25, -0.2) is 0 Å². The Labute approximate surface area is 269 Å². The Bertz CT molecular complexity index is 1670. The largest absolute Gasteiger partial charge is 0.344 e. The van der Waals surface area contributed by atoms with E-state index < -0.39 is 12.1 Å². The van der Waals surface area contributed by atoms with Crippen molar-refractivity contribution in [2.45, 2.75) is 44.7 Å². The Hall–Kier alpha value is -5.50. The summed E-state index contributed by atoms with van der Waals surface area (Å²) in [6.45, 7) is 2.25. The number of nitrogens with one attached hydrogen (secondary N) is 3. The van der Waals surface area contributed by atoms with Crippen molar-refractivity contribution in [2.24, 2.45) is 0 Å². The summed E-state index contributed by atoms with van der Waals surface area (Å²) in [5, 5.41) is 8.55. The predicted molar refractivity (Wildman–Crippen MR) is 182 cm³/mol. The van der Waals surface area contributed by atoms with E-state index >= 15 is 0 Å². The minimum absolute atomic E-state index is 0.0302. The van der Waals surface area contributed by atoms with Crippen molar-refractivity contribution >= 4 is 47.2 Å². The van der Waals surface area contributed by atoms with E-state index in [1.54, 1.807) is 11.8 Å². The van der Waals surface area contributed by atoms with Crippen molar-refractivity contribution in [3.05, 3.63) is 131 Å². The third-order valence-corrected chi connectivity index (χ3v) is 7.88. The first-order valence-electron chi connectivity index (χ1n) is 15.5. The first kappa shape index (κ1) is 31.9. The van der Waals surface area contributed by atoms with E-state index in [4.69, 9.17) is 0 Å². The molecule has 3 N–H and O–H groups in total. The van der Waals surface area contributed by atoms with E-state index in [9.17, 15) is 19.2 Å². The van der Waals surface area contributed by atoms with Gasteiger partial charge in [-0.05, 0) is 66.3 Å². The molecule has 234 valence electrons. The molecule has 0 bridgehead atoms. The van der Waals surface area contributed by atoms with Gasteiger partial charge in [-0.1, -0.05) is 97.1 Å². The van der Waals surface area contributed by atoms with Crippen LogP contribution in [0.1, 0.15) is 42.0 Å². The van der Waals surface area contributed by atoms with Crippen molar-refractivity contribution in [2.75, 3.05) is 17.2 Å². The van der Waals surface area contributed by atoms with Gasteiger partial charge in [0.1, 0.15) is 12.1 Å². The van der Waals surface area contributed by atoms with E-state index in [1.165, 1.54) is 0 Å². The van der Waals surface area contributed by atoms with Crippen molar-refractivity contribution in [3.8, 4) is 0 Å². The second-order valence-corrected chi connectivity index (χ2v) is 11.4. The Morgan fingerprint density at radius 2 is 1.24 bits per heavy atom. The lowest BCUT2D eigenvalue weighted by molar-refractivity contribution is -0.136. The van der Waals surface area contributed by atoms with Crippen LogP contribution in [0, 0.1) is 0 Å². The maximum absolute atomic E-state index is 13.1. The lowest BCUT2D eigenvalue weighted by Crippen LogP contribution is -2.43. The minimum atomic E-state index is -0.678. The molecule has 0 unspecified atom stereocenters. The molecule has 0 radical (unpaired) electrons. The van der Waals surface area contributed by atoms with E-state index in [1.807, 2.05) is 121 Å². The number of carbonyl (C=O) groups is 4. The minimum Gasteiger partial charge on any atom is -0.344 e. The van der Waals surface area contributed by atoms with E-state index in [2.05, 4.69) is 16.0 Å². The van der Waals surface area contributed by atoms with Crippen LogP contribution in [0.25, 0.3) is 12.2 Å². The molecule has 1 aliphatic heterocycles. The third-order valence-electron chi connectivity index (χ3n) is 7.88. The first-order valence-corrected chi connectivity index (χ1v) is 15.5. The molecular formula is C38H38N4O4. The highest BCUT2D eigenvalue weighted by Gasteiger charge is 2.33. The average molecular weight is 615 g/mol. The molecular weight excluding hydrogens is 576 g/mol. The van der Waals surface area contributed by atoms with Gasteiger partial charge in [-0.15, -0.1) is 0 Å². The van der Waals surface area contributed by atoms with Gasteiger partial charge >= 0.3 is 0 Å². The van der Waals surface area contributed by atoms with E-state index in [-0.39, 0.29) is 36.5 Å². The van der Waals surface area contributed by atoms with Gasteiger partial charge in [0.15, 0.2) is 0 Å². The quantitative estimate of drug-likeness (QED) is 0.188. The SMILES string of the molecule is C[C@H](NC(=O)Cc1ccccc1)C(=O)Nc1ccc(C=Cc2ccc(NC(=O)[C@@H]3CCCN3C(=O)Cc3ccccc3)cc2)cc1. The second-order valence-electron chi connectivity index (χ2n) is 11.4. The maximum atomic E-state index is 13.1. The number of hydrogen-bond acceptors (Lipinski definition) is 4. The fourth-order valence-corrected chi connectivity index (χ4v) is 5.37. The van der Waals surface area contributed by atoms with Gasteiger partial charge in [0.05, 0.1) is 12.8 Å². The number of likely N-dealkylation sites (tertiary alicyclic amines) is 1. The zero-order valence-electron chi connectivity index (χ0n) is 25.8. The van der Waals surface area contributed by atoms with Crippen molar-refractivity contribution < 1.29 is 19.2 Å². The highest BCUT2D eigenvalue weighted by Crippen LogP contribution is 2.21. The number of rotatable bonds is 11. The van der Waals surface area contributed by atoms with Crippen LogP contribution >= 0.6 is 0 Å². The van der Waals surface area contributed by atoms with Gasteiger partial charge in [0, 0.05) is 17.9 Å². The van der Waals surface area contributed by atoms with Crippen LogP contribution in [0.15, 0.2) is 109 Å². The van der Waals surface area contributed by atoms with E-state index in [0.29, 0.717) is 24.3 Å². The highest BCUT2D eigenvalue weighted by molar-refractivity contribution is 5.98. The summed E-state index contributed by atoms with van der Waals surface area (Å²) in [5.41, 5.74) is 5.04. The molecule has 0 saturated carbocycles. The lowest BCUT2D eigenvalue weighted by Gasteiger charge is -2.24. The number of benzene rings is 4. The number of nitrogens with zero attached hydrogens (tertiary/aromatic N) is 1. The summed E-state index contributed by atoms with van der Waals surface area (Å²) in [6.07, 6.45) is 5.89. The average Bonchev–Trinajstić information content (AvgIpc) is 3.57. The maximum Gasteiger partial charge on any atom is 0.247 e. The molecule has 4 aromatic carbocycles. The topological polar surface area (TPSA) is 108 Å². The summed E-state index contributed by atoms with van der Waals surface area (Å²) >= 11 is 0. The van der Waals surface area contributed by atoms with Crippen LogP contribution in [-0.4, -0.2) is 47.2 Å². The second kappa shape index (κ2) is 15.5. The number of carbonyl (C=O) groups excluding carboxylic acids is 4. The summed E-state index contributed by atoms with van der Waals surface area (Å²) in [5.74, 6) is -0.705. The van der Waals surface area contributed by atoms with Crippen LogP contribution < -0.4 is 16.0 Å². The predicted octanol–water partition coefficient (Wildman–Crippen LogP) is 5.72. The Morgan fingerprint density at radius 1 is 0.717 bits per heavy atom. The van der Waals surface area contributed by atoms with E-state index in [0.717, 1.165) is 28.7 Å². The van der Waals surface area contributed by atoms with Crippen LogP contribution in [0.5, 0.6) is 0 Å². The molecule has 4 aromatic rings. The highest BCUT2D eigenvalue weighted by atomic mass is 16.2. The molecule has 4 amide bonds. The molecule has 0 aromatic heterocycles. The molecule has 2 atom stereocenters.